The number of halogens is 1. The van der Waals surface area contributed by atoms with Gasteiger partial charge in [0.1, 0.15) is 22.8 Å². The first kappa shape index (κ1) is 21.0. The van der Waals surface area contributed by atoms with Crippen LogP contribution in [0.2, 0.25) is 5.02 Å². The topological polar surface area (TPSA) is 99.9 Å². The number of amides is 1. The molecule has 0 unspecified atom stereocenters. The molecule has 3 aromatic carbocycles. The van der Waals surface area contributed by atoms with Crippen molar-refractivity contribution in [3.63, 3.8) is 0 Å². The molecule has 1 amide bonds. The molecule has 0 aliphatic carbocycles. The summed E-state index contributed by atoms with van der Waals surface area (Å²) in [5, 5.41) is 2.83. The standard InChI is InChI=1S/C22H19ClN2O5/c1-28-20-12-19(24)18(23)11-17(20)22(27)29-13-21(26)25-14-7-9-16(10-8-14)30-15-5-3-2-4-6-15/h2-12H,13,24H2,1H3,(H,25,26). The Labute approximate surface area is 178 Å². The monoisotopic (exact) mass is 426 g/mol. The first-order chi connectivity index (χ1) is 14.5. The summed E-state index contributed by atoms with van der Waals surface area (Å²) in [5.41, 5.74) is 6.56. The van der Waals surface area contributed by atoms with Gasteiger partial charge >= 0.3 is 5.97 Å². The summed E-state index contributed by atoms with van der Waals surface area (Å²) in [4.78, 5) is 24.4. The maximum atomic E-state index is 12.3. The van der Waals surface area contributed by atoms with Crippen molar-refractivity contribution in [1.82, 2.24) is 0 Å². The van der Waals surface area contributed by atoms with Gasteiger partial charge in [-0.1, -0.05) is 29.8 Å². The summed E-state index contributed by atoms with van der Waals surface area (Å²) in [6.45, 7) is -0.480. The van der Waals surface area contributed by atoms with E-state index in [1.54, 1.807) is 24.3 Å². The lowest BCUT2D eigenvalue weighted by Crippen LogP contribution is -2.21. The number of hydrogen-bond donors (Lipinski definition) is 2. The third-order valence-electron chi connectivity index (χ3n) is 3.99. The molecule has 30 heavy (non-hydrogen) atoms. The first-order valence-electron chi connectivity index (χ1n) is 8.89. The number of carbonyl (C=O) groups excluding carboxylic acids is 2. The molecule has 0 spiro atoms. The maximum absolute atomic E-state index is 12.3. The predicted molar refractivity (Wildman–Crippen MR) is 114 cm³/mol. The molecule has 0 fully saturated rings. The van der Waals surface area contributed by atoms with Crippen molar-refractivity contribution in [3.8, 4) is 17.2 Å². The van der Waals surface area contributed by atoms with Gasteiger partial charge in [-0.3, -0.25) is 4.79 Å². The van der Waals surface area contributed by atoms with Crippen molar-refractivity contribution < 1.29 is 23.8 Å². The van der Waals surface area contributed by atoms with Crippen molar-refractivity contribution in [2.24, 2.45) is 0 Å². The van der Waals surface area contributed by atoms with Crippen LogP contribution in [-0.4, -0.2) is 25.6 Å². The summed E-state index contributed by atoms with van der Waals surface area (Å²) >= 11 is 5.94. The van der Waals surface area contributed by atoms with Crippen LogP contribution in [0.15, 0.2) is 66.7 Å². The quantitative estimate of drug-likeness (QED) is 0.425. The average molecular weight is 427 g/mol. The van der Waals surface area contributed by atoms with Crippen LogP contribution in [0.3, 0.4) is 0 Å². The smallest absolute Gasteiger partial charge is 0.342 e. The summed E-state index contributed by atoms with van der Waals surface area (Å²) in [6, 6.07) is 18.9. The number of anilines is 2. The fraction of sp³-hybridized carbons (Fsp3) is 0.0909. The van der Waals surface area contributed by atoms with Gasteiger partial charge in [-0.15, -0.1) is 0 Å². The first-order valence-corrected chi connectivity index (χ1v) is 9.27. The van der Waals surface area contributed by atoms with Crippen molar-refractivity contribution in [3.05, 3.63) is 77.3 Å². The van der Waals surface area contributed by atoms with Gasteiger partial charge in [0.25, 0.3) is 5.91 Å². The Bertz CT molecular complexity index is 1040. The fourth-order valence-electron chi connectivity index (χ4n) is 2.53. The number of carbonyl (C=O) groups is 2. The molecule has 0 saturated carbocycles. The molecule has 3 rings (SSSR count). The second kappa shape index (κ2) is 9.67. The highest BCUT2D eigenvalue weighted by Gasteiger charge is 2.17. The summed E-state index contributed by atoms with van der Waals surface area (Å²) < 4.78 is 15.8. The van der Waals surface area contributed by atoms with Crippen molar-refractivity contribution in [2.75, 3.05) is 24.8 Å². The van der Waals surface area contributed by atoms with Gasteiger partial charge in [-0.2, -0.15) is 0 Å². The molecule has 8 heteroatoms. The minimum atomic E-state index is -0.754. The Morgan fingerprint density at radius 3 is 2.33 bits per heavy atom. The summed E-state index contributed by atoms with van der Waals surface area (Å²) in [6.07, 6.45) is 0. The van der Waals surface area contributed by atoms with Gasteiger partial charge in [0.05, 0.1) is 17.8 Å². The highest BCUT2D eigenvalue weighted by molar-refractivity contribution is 6.33. The lowest BCUT2D eigenvalue weighted by molar-refractivity contribution is -0.119. The van der Waals surface area contributed by atoms with E-state index in [4.69, 9.17) is 31.5 Å². The molecule has 154 valence electrons. The number of benzene rings is 3. The van der Waals surface area contributed by atoms with Crippen molar-refractivity contribution in [1.29, 1.82) is 0 Å². The molecule has 0 aliphatic heterocycles. The Morgan fingerprint density at radius 2 is 1.67 bits per heavy atom. The molecule has 3 aromatic rings. The minimum Gasteiger partial charge on any atom is -0.496 e. The van der Waals surface area contributed by atoms with Crippen molar-refractivity contribution in [2.45, 2.75) is 0 Å². The summed E-state index contributed by atoms with van der Waals surface area (Å²) in [5.74, 6) is 0.282. The van der Waals surface area contributed by atoms with E-state index in [-0.39, 0.29) is 22.0 Å². The van der Waals surface area contributed by atoms with Crippen LogP contribution < -0.4 is 20.5 Å². The van der Waals surface area contributed by atoms with Crippen LogP contribution in [-0.2, 0) is 9.53 Å². The molecular formula is C22H19ClN2O5. The van der Waals surface area contributed by atoms with Gasteiger partial charge in [-0.05, 0) is 42.5 Å². The fourth-order valence-corrected chi connectivity index (χ4v) is 2.70. The number of nitrogen functional groups attached to an aromatic ring is 1. The van der Waals surface area contributed by atoms with E-state index in [0.717, 1.165) is 0 Å². The molecule has 7 nitrogen and oxygen atoms in total. The van der Waals surface area contributed by atoms with Crippen molar-refractivity contribution >= 4 is 34.9 Å². The van der Waals surface area contributed by atoms with Crippen LogP contribution in [0.5, 0.6) is 17.2 Å². The van der Waals surface area contributed by atoms with Crippen LogP contribution in [0.4, 0.5) is 11.4 Å². The predicted octanol–water partition coefficient (Wildman–Crippen LogP) is 4.52. The van der Waals surface area contributed by atoms with E-state index in [1.807, 2.05) is 30.3 Å². The molecule has 0 heterocycles. The number of nitrogens with one attached hydrogen (secondary N) is 1. The maximum Gasteiger partial charge on any atom is 0.342 e. The normalized spacial score (nSPS) is 10.2. The van der Waals surface area contributed by atoms with Gasteiger partial charge in [0.2, 0.25) is 0 Å². The molecule has 0 aromatic heterocycles. The van der Waals surface area contributed by atoms with E-state index in [2.05, 4.69) is 5.32 Å². The molecule has 0 aliphatic rings. The lowest BCUT2D eigenvalue weighted by Gasteiger charge is -2.11. The zero-order valence-electron chi connectivity index (χ0n) is 16.1. The second-order valence-corrected chi connectivity index (χ2v) is 6.55. The number of rotatable bonds is 7. The Kier molecular flexibility index (Phi) is 6.77. The minimum absolute atomic E-state index is 0.0758. The van der Waals surface area contributed by atoms with E-state index < -0.39 is 18.5 Å². The van der Waals surface area contributed by atoms with Crippen LogP contribution in [0.25, 0.3) is 0 Å². The van der Waals surface area contributed by atoms with E-state index in [9.17, 15) is 9.59 Å². The number of methoxy groups -OCH3 is 1. The zero-order valence-corrected chi connectivity index (χ0v) is 16.8. The van der Waals surface area contributed by atoms with Gasteiger partial charge in [0.15, 0.2) is 6.61 Å². The van der Waals surface area contributed by atoms with Gasteiger partial charge in [0, 0.05) is 11.8 Å². The summed E-state index contributed by atoms with van der Waals surface area (Å²) in [7, 11) is 1.39. The van der Waals surface area contributed by atoms with Crippen LogP contribution in [0, 0.1) is 0 Å². The van der Waals surface area contributed by atoms with E-state index in [0.29, 0.717) is 17.2 Å². The van der Waals surface area contributed by atoms with Crippen LogP contribution >= 0.6 is 11.6 Å². The Balaban J connectivity index is 1.54. The second-order valence-electron chi connectivity index (χ2n) is 6.14. The molecule has 0 atom stereocenters. The molecule has 3 N–H and O–H groups in total. The Hall–Kier alpha value is -3.71. The molecule has 0 bridgehead atoms. The van der Waals surface area contributed by atoms with Gasteiger partial charge < -0.3 is 25.3 Å². The number of hydrogen-bond acceptors (Lipinski definition) is 6. The van der Waals surface area contributed by atoms with E-state index >= 15 is 0 Å². The Morgan fingerprint density at radius 1 is 1.00 bits per heavy atom. The molecular weight excluding hydrogens is 408 g/mol. The average Bonchev–Trinajstić information content (AvgIpc) is 2.75. The largest absolute Gasteiger partial charge is 0.496 e. The SMILES string of the molecule is COc1cc(N)c(Cl)cc1C(=O)OCC(=O)Nc1ccc(Oc2ccccc2)cc1. The number of ether oxygens (including phenoxy) is 3. The molecule has 0 saturated heterocycles. The highest BCUT2D eigenvalue weighted by atomic mass is 35.5. The van der Waals surface area contributed by atoms with Gasteiger partial charge in [-0.25, -0.2) is 4.79 Å². The number of nitrogens with two attached hydrogens (primary N) is 1. The number of esters is 1. The number of para-hydroxylation sites is 1. The molecule has 0 radical (unpaired) electrons. The lowest BCUT2D eigenvalue weighted by atomic mass is 10.2. The third-order valence-corrected chi connectivity index (χ3v) is 4.32. The highest BCUT2D eigenvalue weighted by Crippen LogP contribution is 2.29. The zero-order chi connectivity index (χ0) is 21.5. The third kappa shape index (κ3) is 5.42. The van der Waals surface area contributed by atoms with Crippen LogP contribution in [0.1, 0.15) is 10.4 Å². The van der Waals surface area contributed by atoms with E-state index in [1.165, 1.54) is 19.2 Å².